The summed E-state index contributed by atoms with van der Waals surface area (Å²) in [4.78, 5) is 0. The van der Waals surface area contributed by atoms with E-state index in [1.54, 1.807) is 12.3 Å². The lowest BCUT2D eigenvalue weighted by atomic mass is 10.2. The van der Waals surface area contributed by atoms with Crippen LogP contribution in [0.15, 0.2) is 48.7 Å². The monoisotopic (exact) mass is 239 g/mol. The van der Waals surface area contributed by atoms with Gasteiger partial charge in [0.25, 0.3) is 0 Å². The normalized spacial score (nSPS) is 10.7. The van der Waals surface area contributed by atoms with Crippen LogP contribution in [0.2, 0.25) is 0 Å². The van der Waals surface area contributed by atoms with Crippen LogP contribution < -0.4 is 5.32 Å². The smallest absolute Gasteiger partial charge is 0.120 e. The predicted octanol–water partition coefficient (Wildman–Crippen LogP) is 2.88. The van der Waals surface area contributed by atoms with E-state index >= 15 is 0 Å². The SMILES string of the molecule is Oc1ccccc1CNc1cccc2cn[nH]c12. The molecule has 0 radical (unpaired) electrons. The second kappa shape index (κ2) is 4.41. The summed E-state index contributed by atoms with van der Waals surface area (Å²) in [5, 5.41) is 21.1. The van der Waals surface area contributed by atoms with E-state index in [-0.39, 0.29) is 0 Å². The molecule has 3 aromatic rings. The molecule has 4 nitrogen and oxygen atoms in total. The molecule has 2 aromatic carbocycles. The Morgan fingerprint density at radius 2 is 2.00 bits per heavy atom. The second-order valence-corrected chi connectivity index (χ2v) is 4.12. The first-order valence-corrected chi connectivity index (χ1v) is 5.77. The van der Waals surface area contributed by atoms with Crippen LogP contribution in [-0.2, 0) is 6.54 Å². The number of benzene rings is 2. The lowest BCUT2D eigenvalue weighted by molar-refractivity contribution is 0.469. The number of phenols is 1. The van der Waals surface area contributed by atoms with Gasteiger partial charge in [-0.25, -0.2) is 0 Å². The van der Waals surface area contributed by atoms with Crippen molar-refractivity contribution < 1.29 is 5.11 Å². The molecular formula is C14H13N3O. The number of hydrogen-bond donors (Lipinski definition) is 3. The fourth-order valence-corrected chi connectivity index (χ4v) is 1.97. The Morgan fingerprint density at radius 1 is 1.11 bits per heavy atom. The third kappa shape index (κ3) is 1.88. The first kappa shape index (κ1) is 10.7. The lowest BCUT2D eigenvalue weighted by Gasteiger charge is -2.08. The van der Waals surface area contributed by atoms with E-state index in [1.807, 2.05) is 36.4 Å². The third-order valence-electron chi connectivity index (χ3n) is 2.94. The van der Waals surface area contributed by atoms with Crippen LogP contribution in [0, 0.1) is 0 Å². The molecule has 1 heterocycles. The van der Waals surface area contributed by atoms with E-state index < -0.39 is 0 Å². The van der Waals surface area contributed by atoms with Gasteiger partial charge in [0.2, 0.25) is 0 Å². The minimum Gasteiger partial charge on any atom is -0.508 e. The first-order chi connectivity index (χ1) is 8.84. The van der Waals surface area contributed by atoms with Gasteiger partial charge in [-0.1, -0.05) is 30.3 Å². The van der Waals surface area contributed by atoms with E-state index in [9.17, 15) is 5.11 Å². The molecule has 0 saturated carbocycles. The number of fused-ring (bicyclic) bond motifs is 1. The van der Waals surface area contributed by atoms with Crippen LogP contribution in [-0.4, -0.2) is 15.3 Å². The highest BCUT2D eigenvalue weighted by Gasteiger charge is 2.03. The Bertz CT molecular complexity index is 675. The van der Waals surface area contributed by atoms with Gasteiger partial charge in [0.1, 0.15) is 5.75 Å². The van der Waals surface area contributed by atoms with Crippen molar-refractivity contribution in [1.82, 2.24) is 10.2 Å². The average molecular weight is 239 g/mol. The molecule has 0 fully saturated rings. The Morgan fingerprint density at radius 3 is 2.89 bits per heavy atom. The van der Waals surface area contributed by atoms with Gasteiger partial charge in [0.15, 0.2) is 0 Å². The minimum absolute atomic E-state index is 0.307. The molecule has 90 valence electrons. The van der Waals surface area contributed by atoms with Gasteiger partial charge in [-0.05, 0) is 12.1 Å². The van der Waals surface area contributed by atoms with Crippen molar-refractivity contribution in [2.24, 2.45) is 0 Å². The van der Waals surface area contributed by atoms with E-state index in [1.165, 1.54) is 0 Å². The minimum atomic E-state index is 0.307. The molecule has 0 aliphatic carbocycles. The van der Waals surface area contributed by atoms with E-state index in [2.05, 4.69) is 15.5 Å². The molecule has 0 aliphatic rings. The summed E-state index contributed by atoms with van der Waals surface area (Å²) in [6.45, 7) is 0.574. The van der Waals surface area contributed by atoms with Crippen molar-refractivity contribution >= 4 is 16.6 Å². The van der Waals surface area contributed by atoms with E-state index in [0.29, 0.717) is 12.3 Å². The highest BCUT2D eigenvalue weighted by Crippen LogP contribution is 2.22. The van der Waals surface area contributed by atoms with Crippen molar-refractivity contribution in [3.63, 3.8) is 0 Å². The molecule has 0 unspecified atom stereocenters. The maximum atomic E-state index is 9.70. The van der Waals surface area contributed by atoms with Gasteiger partial charge in [-0.3, -0.25) is 5.10 Å². The van der Waals surface area contributed by atoms with Crippen molar-refractivity contribution in [2.75, 3.05) is 5.32 Å². The summed E-state index contributed by atoms with van der Waals surface area (Å²) in [5.41, 5.74) is 2.83. The lowest BCUT2D eigenvalue weighted by Crippen LogP contribution is -2.00. The summed E-state index contributed by atoms with van der Waals surface area (Å²) in [5.74, 6) is 0.307. The number of anilines is 1. The second-order valence-electron chi connectivity index (χ2n) is 4.12. The van der Waals surface area contributed by atoms with Gasteiger partial charge < -0.3 is 10.4 Å². The topological polar surface area (TPSA) is 60.9 Å². The standard InChI is InChI=1S/C14H13N3O/c18-13-7-2-1-4-10(13)8-15-12-6-3-5-11-9-16-17-14(11)12/h1-7,9,15,18H,8H2,(H,16,17). The van der Waals surface area contributed by atoms with Crippen LogP contribution in [0.25, 0.3) is 10.9 Å². The molecule has 3 rings (SSSR count). The molecule has 0 amide bonds. The van der Waals surface area contributed by atoms with Crippen molar-refractivity contribution in [1.29, 1.82) is 0 Å². The number of hydrogen-bond acceptors (Lipinski definition) is 3. The maximum absolute atomic E-state index is 9.70. The first-order valence-electron chi connectivity index (χ1n) is 5.77. The largest absolute Gasteiger partial charge is 0.508 e. The third-order valence-corrected chi connectivity index (χ3v) is 2.94. The maximum Gasteiger partial charge on any atom is 0.120 e. The zero-order valence-corrected chi connectivity index (χ0v) is 9.72. The van der Waals surface area contributed by atoms with Crippen LogP contribution in [0.5, 0.6) is 5.75 Å². The van der Waals surface area contributed by atoms with Gasteiger partial charge in [0, 0.05) is 17.5 Å². The Hall–Kier alpha value is -2.49. The number of nitrogens with one attached hydrogen (secondary N) is 2. The van der Waals surface area contributed by atoms with Gasteiger partial charge in [-0.2, -0.15) is 5.10 Å². The molecule has 0 atom stereocenters. The Balaban J connectivity index is 1.85. The summed E-state index contributed by atoms with van der Waals surface area (Å²) < 4.78 is 0. The highest BCUT2D eigenvalue weighted by molar-refractivity contribution is 5.89. The molecule has 0 spiro atoms. The fourth-order valence-electron chi connectivity index (χ4n) is 1.97. The number of aromatic hydroxyl groups is 1. The van der Waals surface area contributed by atoms with Crippen LogP contribution in [0.3, 0.4) is 0 Å². The zero-order valence-electron chi connectivity index (χ0n) is 9.72. The van der Waals surface area contributed by atoms with Gasteiger partial charge in [-0.15, -0.1) is 0 Å². The molecule has 0 bridgehead atoms. The highest BCUT2D eigenvalue weighted by atomic mass is 16.3. The number of aromatic nitrogens is 2. The summed E-state index contributed by atoms with van der Waals surface area (Å²) in [6, 6.07) is 13.3. The van der Waals surface area contributed by atoms with Crippen molar-refractivity contribution in [3.8, 4) is 5.75 Å². The average Bonchev–Trinajstić information content (AvgIpc) is 2.86. The van der Waals surface area contributed by atoms with Gasteiger partial charge in [0.05, 0.1) is 17.4 Å². The molecule has 0 aliphatic heterocycles. The number of aromatic amines is 1. The number of nitrogens with zero attached hydrogens (tertiary/aromatic N) is 1. The molecule has 4 heteroatoms. The summed E-state index contributed by atoms with van der Waals surface area (Å²) in [6.07, 6.45) is 1.79. The van der Waals surface area contributed by atoms with Crippen molar-refractivity contribution in [2.45, 2.75) is 6.54 Å². The molecule has 1 aromatic heterocycles. The Kier molecular flexibility index (Phi) is 2.61. The number of rotatable bonds is 3. The molecular weight excluding hydrogens is 226 g/mol. The van der Waals surface area contributed by atoms with Crippen LogP contribution in [0.4, 0.5) is 5.69 Å². The summed E-state index contributed by atoms with van der Waals surface area (Å²) >= 11 is 0. The zero-order chi connectivity index (χ0) is 12.4. The molecule has 0 saturated heterocycles. The van der Waals surface area contributed by atoms with E-state index in [0.717, 1.165) is 22.2 Å². The molecule has 3 N–H and O–H groups in total. The Labute approximate surface area is 104 Å². The van der Waals surface area contributed by atoms with Crippen molar-refractivity contribution in [3.05, 3.63) is 54.2 Å². The van der Waals surface area contributed by atoms with Crippen LogP contribution >= 0.6 is 0 Å². The van der Waals surface area contributed by atoms with Gasteiger partial charge >= 0.3 is 0 Å². The molecule has 18 heavy (non-hydrogen) atoms. The number of para-hydroxylation sites is 2. The quantitative estimate of drug-likeness (QED) is 0.658. The predicted molar refractivity (Wildman–Crippen MR) is 71.5 cm³/mol. The van der Waals surface area contributed by atoms with E-state index in [4.69, 9.17) is 0 Å². The van der Waals surface area contributed by atoms with Crippen LogP contribution in [0.1, 0.15) is 5.56 Å². The fraction of sp³-hybridized carbons (Fsp3) is 0.0714. The number of phenolic OH excluding ortho intramolecular Hbond substituents is 1. The number of H-pyrrole nitrogens is 1. The summed E-state index contributed by atoms with van der Waals surface area (Å²) in [7, 11) is 0.